The Balaban J connectivity index is 2.67. The first-order chi connectivity index (χ1) is 9.69. The fourth-order valence-electron chi connectivity index (χ4n) is 1.74. The highest BCUT2D eigenvalue weighted by Gasteiger charge is 2.18. The first kappa shape index (κ1) is 16.0. The molecule has 0 unspecified atom stereocenters. The van der Waals surface area contributed by atoms with Crippen molar-refractivity contribution in [3.8, 4) is 0 Å². The Kier molecular flexibility index (Phi) is 7.13. The maximum atomic E-state index is 11.3. The monoisotopic (exact) mass is 290 g/mol. The Labute approximate surface area is 115 Å². The molecule has 0 atom stereocenters. The summed E-state index contributed by atoms with van der Waals surface area (Å²) < 4.78 is 0. The van der Waals surface area contributed by atoms with Crippen LogP contribution in [0.3, 0.4) is 0 Å². The van der Waals surface area contributed by atoms with Gasteiger partial charge in [0.1, 0.15) is 0 Å². The molecule has 1 aliphatic heterocycles. The van der Waals surface area contributed by atoms with E-state index in [-0.39, 0.29) is 36.1 Å². The highest BCUT2D eigenvalue weighted by molar-refractivity contribution is 4.59. The number of nitrogens with zero attached hydrogens (tertiary/aromatic N) is 6. The quantitative estimate of drug-likeness (QED) is 0.355. The molecule has 0 aromatic rings. The van der Waals surface area contributed by atoms with Crippen LogP contribution in [0.25, 0.3) is 0 Å². The first-order valence-corrected chi connectivity index (χ1v) is 6.21. The van der Waals surface area contributed by atoms with Gasteiger partial charge in [0.25, 0.3) is 0 Å². The summed E-state index contributed by atoms with van der Waals surface area (Å²) in [5, 5.41) is 56.1. The van der Waals surface area contributed by atoms with Crippen LogP contribution in [0.4, 0.5) is 0 Å². The van der Waals surface area contributed by atoms with Gasteiger partial charge in [0.2, 0.25) is 0 Å². The van der Waals surface area contributed by atoms with Crippen molar-refractivity contribution in [3.63, 3.8) is 0 Å². The van der Waals surface area contributed by atoms with Crippen LogP contribution in [0.5, 0.6) is 0 Å². The molecule has 12 nitrogen and oxygen atoms in total. The third-order valence-electron chi connectivity index (χ3n) is 2.81. The molecule has 20 heavy (non-hydrogen) atoms. The van der Waals surface area contributed by atoms with Crippen molar-refractivity contribution in [1.29, 1.82) is 0 Å². The lowest BCUT2D eigenvalue weighted by Crippen LogP contribution is -2.47. The zero-order valence-corrected chi connectivity index (χ0v) is 11.0. The van der Waals surface area contributed by atoms with Crippen LogP contribution in [0.15, 0.2) is 10.6 Å². The molecule has 116 valence electrons. The number of hydrogen-bond acceptors (Lipinski definition) is 8. The van der Waals surface area contributed by atoms with E-state index in [9.17, 15) is 20.8 Å². The highest BCUT2D eigenvalue weighted by Crippen LogP contribution is 1.96. The number of rotatable bonds is 2. The summed E-state index contributed by atoms with van der Waals surface area (Å²) >= 11 is 0. The Morgan fingerprint density at radius 1 is 0.700 bits per heavy atom. The van der Waals surface area contributed by atoms with Gasteiger partial charge in [0, 0.05) is 36.1 Å². The summed E-state index contributed by atoms with van der Waals surface area (Å²) in [4.78, 5) is -0.124. The minimum absolute atomic E-state index is 0.0621. The van der Waals surface area contributed by atoms with Crippen molar-refractivity contribution >= 4 is 0 Å². The van der Waals surface area contributed by atoms with Crippen molar-refractivity contribution in [2.24, 2.45) is 10.6 Å². The summed E-state index contributed by atoms with van der Waals surface area (Å²) in [7, 11) is 0. The molecular weight excluding hydrogens is 272 g/mol. The molecular formula is C8H18N8O4-2. The van der Waals surface area contributed by atoms with Crippen LogP contribution >= 0.6 is 0 Å². The average molecular weight is 290 g/mol. The molecule has 1 rings (SSSR count). The Morgan fingerprint density at radius 3 is 1.45 bits per heavy atom. The molecule has 0 aromatic heterocycles. The second kappa shape index (κ2) is 8.92. The van der Waals surface area contributed by atoms with Gasteiger partial charge in [0.05, 0.1) is 26.2 Å². The van der Waals surface area contributed by atoms with Gasteiger partial charge >= 0.3 is 0 Å². The van der Waals surface area contributed by atoms with Gasteiger partial charge in [-0.15, -0.1) is 10.0 Å². The molecule has 0 bridgehead atoms. The fourth-order valence-corrected chi connectivity index (χ4v) is 1.74. The van der Waals surface area contributed by atoms with E-state index in [1.165, 1.54) is 0 Å². The summed E-state index contributed by atoms with van der Waals surface area (Å²) in [5.41, 5.74) is 0. The van der Waals surface area contributed by atoms with Crippen LogP contribution in [-0.2, 0) is 0 Å². The van der Waals surface area contributed by atoms with Gasteiger partial charge < -0.3 is 31.5 Å². The van der Waals surface area contributed by atoms with Gasteiger partial charge in [-0.25, -0.2) is 0 Å². The van der Waals surface area contributed by atoms with Crippen molar-refractivity contribution in [2.75, 3.05) is 52.4 Å². The smallest absolute Gasteiger partial charge is 0.0999 e. The topological polar surface area (TPSA) is 154 Å². The van der Waals surface area contributed by atoms with E-state index >= 15 is 0 Å². The van der Waals surface area contributed by atoms with Gasteiger partial charge in [-0.1, -0.05) is 0 Å². The molecule has 1 aliphatic rings. The molecule has 2 N–H and O–H groups in total. The fraction of sp³-hybridized carbons (Fsp3) is 1.00. The third-order valence-corrected chi connectivity index (χ3v) is 2.81. The van der Waals surface area contributed by atoms with Crippen LogP contribution in [0, 0.1) is 20.8 Å². The van der Waals surface area contributed by atoms with E-state index in [0.29, 0.717) is 26.2 Å². The summed E-state index contributed by atoms with van der Waals surface area (Å²) in [6.07, 6.45) is 0. The average Bonchev–Trinajstić information content (AvgIpc) is 2.46. The van der Waals surface area contributed by atoms with Gasteiger partial charge in [-0.2, -0.15) is 0 Å². The van der Waals surface area contributed by atoms with Gasteiger partial charge in [-0.3, -0.25) is 0 Å². The van der Waals surface area contributed by atoms with E-state index in [1.54, 1.807) is 0 Å². The zero-order valence-electron chi connectivity index (χ0n) is 11.0. The van der Waals surface area contributed by atoms with Crippen LogP contribution in [0.2, 0.25) is 0 Å². The predicted molar refractivity (Wildman–Crippen MR) is 67.7 cm³/mol. The van der Waals surface area contributed by atoms with Gasteiger partial charge in [-0.05, 0) is 10.6 Å². The number of hydrogen-bond donors (Lipinski definition) is 2. The molecule has 0 aliphatic carbocycles. The van der Waals surface area contributed by atoms with Crippen LogP contribution < -0.4 is 10.6 Å². The normalized spacial score (nSPS) is 21.2. The van der Waals surface area contributed by atoms with Crippen molar-refractivity contribution in [2.45, 2.75) is 0 Å². The van der Waals surface area contributed by atoms with E-state index in [1.807, 2.05) is 0 Å². The lowest BCUT2D eigenvalue weighted by Gasteiger charge is -2.24. The second-order valence-corrected chi connectivity index (χ2v) is 4.08. The van der Waals surface area contributed by atoms with Crippen molar-refractivity contribution < 1.29 is 9.94 Å². The lowest BCUT2D eigenvalue weighted by molar-refractivity contribution is -0.707. The molecule has 1 heterocycles. The maximum absolute atomic E-state index is 11.3. The zero-order chi connectivity index (χ0) is 14.8. The van der Waals surface area contributed by atoms with E-state index in [2.05, 4.69) is 21.2 Å². The third kappa shape index (κ3) is 5.27. The largest absolute Gasteiger partial charge is 0.737 e. The van der Waals surface area contributed by atoms with Crippen LogP contribution in [0.1, 0.15) is 0 Å². The molecule has 0 spiro atoms. The van der Waals surface area contributed by atoms with Gasteiger partial charge in [0.15, 0.2) is 0 Å². The Bertz CT molecular complexity index is 306. The van der Waals surface area contributed by atoms with Crippen LogP contribution in [-0.4, -0.2) is 72.3 Å². The summed E-state index contributed by atoms with van der Waals surface area (Å²) in [6, 6.07) is 0. The minimum Gasteiger partial charge on any atom is -0.737 e. The van der Waals surface area contributed by atoms with Crippen molar-refractivity contribution in [1.82, 2.24) is 20.7 Å². The van der Waals surface area contributed by atoms with E-state index in [4.69, 9.17) is 0 Å². The summed E-state index contributed by atoms with van der Waals surface area (Å²) in [6.45, 7) is 3.00. The maximum Gasteiger partial charge on any atom is 0.0999 e. The molecule has 0 amide bonds. The molecule has 0 aromatic carbocycles. The lowest BCUT2D eigenvalue weighted by atomic mass is 10.4. The first-order valence-electron chi connectivity index (χ1n) is 6.21. The SMILES string of the molecule is [O-]/N=[N+](\[O-])N1CCNCCNCCN(/[N+]([O-])=N/[O-])CC1. The van der Waals surface area contributed by atoms with Crippen molar-refractivity contribution in [3.05, 3.63) is 20.8 Å². The molecule has 1 fully saturated rings. The second-order valence-electron chi connectivity index (χ2n) is 4.08. The minimum atomic E-state index is -0.0621. The number of hydrazine groups is 2. The molecule has 0 saturated carbocycles. The van der Waals surface area contributed by atoms with E-state index in [0.717, 1.165) is 10.0 Å². The molecule has 1 saturated heterocycles. The molecule has 12 heteroatoms. The highest BCUT2D eigenvalue weighted by atomic mass is 16.6. The number of nitrogens with one attached hydrogen (secondary N) is 2. The van der Waals surface area contributed by atoms with E-state index < -0.39 is 0 Å². The Hall–Kier alpha value is -2.08. The standard InChI is InChI=1S/C8H20N8O4/c17-11-15(19)13-5-3-9-1-2-10-4-6-14(8-7-13)16(20)12-18/h9-10,17-18H,1-8H2/p-2/b15-11-,16-12-. The molecule has 0 radical (unpaired) electrons. The predicted octanol–water partition coefficient (Wildman–Crippen LogP) is -1.47. The summed E-state index contributed by atoms with van der Waals surface area (Å²) in [5.74, 6) is 0. The Morgan fingerprint density at radius 2 is 1.10 bits per heavy atom.